The van der Waals surface area contributed by atoms with Crippen molar-refractivity contribution in [1.29, 1.82) is 0 Å². The fourth-order valence-corrected chi connectivity index (χ4v) is 1.96. The SMILES string of the molecule is CCOC(=O)CNC(=O)NCOc1ccc(C)cc1C(C)(C)C. The van der Waals surface area contributed by atoms with E-state index in [1.165, 1.54) is 0 Å². The number of amides is 2. The fraction of sp³-hybridized carbons (Fsp3) is 0.529. The molecule has 0 aromatic heterocycles. The van der Waals surface area contributed by atoms with Crippen LogP contribution in [-0.2, 0) is 14.9 Å². The normalized spacial score (nSPS) is 10.8. The molecule has 0 spiro atoms. The van der Waals surface area contributed by atoms with Crippen LogP contribution in [0.25, 0.3) is 0 Å². The van der Waals surface area contributed by atoms with Gasteiger partial charge in [0.1, 0.15) is 12.3 Å². The second kappa shape index (κ2) is 8.41. The molecule has 0 heterocycles. The Morgan fingerprint density at radius 1 is 1.17 bits per heavy atom. The first-order chi connectivity index (χ1) is 10.7. The molecular formula is C17H26N2O4. The predicted molar refractivity (Wildman–Crippen MR) is 88.5 cm³/mol. The maximum Gasteiger partial charge on any atom is 0.325 e. The lowest BCUT2D eigenvalue weighted by molar-refractivity contribution is -0.141. The van der Waals surface area contributed by atoms with Crippen molar-refractivity contribution in [3.05, 3.63) is 29.3 Å². The molecule has 1 aromatic carbocycles. The standard InChI is InChI=1S/C17H26N2O4/c1-6-22-15(20)10-18-16(21)19-11-23-14-8-7-12(2)9-13(14)17(3,4)5/h7-9H,6,10-11H2,1-5H3,(H2,18,19,21). The van der Waals surface area contributed by atoms with Crippen LogP contribution in [0.5, 0.6) is 5.75 Å². The average Bonchev–Trinajstić information content (AvgIpc) is 2.46. The third-order valence-corrected chi connectivity index (χ3v) is 3.10. The van der Waals surface area contributed by atoms with Crippen molar-refractivity contribution >= 4 is 12.0 Å². The molecule has 2 N–H and O–H groups in total. The molecule has 6 nitrogen and oxygen atoms in total. The molecule has 0 saturated carbocycles. The molecule has 0 unspecified atom stereocenters. The van der Waals surface area contributed by atoms with E-state index in [9.17, 15) is 9.59 Å². The summed E-state index contributed by atoms with van der Waals surface area (Å²) in [5, 5.41) is 4.94. The van der Waals surface area contributed by atoms with Crippen molar-refractivity contribution in [3.8, 4) is 5.75 Å². The van der Waals surface area contributed by atoms with Crippen molar-refractivity contribution in [1.82, 2.24) is 10.6 Å². The average molecular weight is 322 g/mol. The minimum Gasteiger partial charge on any atom is -0.473 e. The minimum atomic E-state index is -0.484. The Morgan fingerprint density at radius 2 is 1.87 bits per heavy atom. The molecule has 1 rings (SSSR count). The monoisotopic (exact) mass is 322 g/mol. The van der Waals surface area contributed by atoms with E-state index in [0.717, 1.165) is 16.9 Å². The van der Waals surface area contributed by atoms with Gasteiger partial charge in [-0.15, -0.1) is 0 Å². The van der Waals surface area contributed by atoms with Gasteiger partial charge in [-0.25, -0.2) is 4.79 Å². The van der Waals surface area contributed by atoms with Crippen LogP contribution in [0.15, 0.2) is 18.2 Å². The van der Waals surface area contributed by atoms with E-state index >= 15 is 0 Å². The molecule has 0 bridgehead atoms. The maximum atomic E-state index is 11.6. The molecule has 0 atom stereocenters. The topological polar surface area (TPSA) is 76.7 Å². The van der Waals surface area contributed by atoms with E-state index in [1.807, 2.05) is 19.1 Å². The molecule has 23 heavy (non-hydrogen) atoms. The zero-order valence-electron chi connectivity index (χ0n) is 14.5. The molecule has 0 aliphatic carbocycles. The molecule has 1 aromatic rings. The number of hydrogen-bond donors (Lipinski definition) is 2. The Hall–Kier alpha value is -2.24. The van der Waals surface area contributed by atoms with Crippen LogP contribution < -0.4 is 15.4 Å². The maximum absolute atomic E-state index is 11.6. The smallest absolute Gasteiger partial charge is 0.325 e. The number of carbonyl (C=O) groups is 2. The van der Waals surface area contributed by atoms with E-state index in [0.29, 0.717) is 0 Å². The van der Waals surface area contributed by atoms with Gasteiger partial charge >= 0.3 is 12.0 Å². The summed E-state index contributed by atoms with van der Waals surface area (Å²) in [5.41, 5.74) is 2.17. The Labute approximate surface area is 137 Å². The van der Waals surface area contributed by atoms with Gasteiger partial charge in [0, 0.05) is 0 Å². The van der Waals surface area contributed by atoms with Gasteiger partial charge in [-0.1, -0.05) is 38.5 Å². The quantitative estimate of drug-likeness (QED) is 0.623. The van der Waals surface area contributed by atoms with Crippen molar-refractivity contribution in [2.45, 2.75) is 40.0 Å². The van der Waals surface area contributed by atoms with Crippen LogP contribution in [-0.4, -0.2) is 31.9 Å². The van der Waals surface area contributed by atoms with Crippen LogP contribution in [0.1, 0.15) is 38.8 Å². The fourth-order valence-electron chi connectivity index (χ4n) is 1.96. The molecule has 0 aliphatic rings. The highest BCUT2D eigenvalue weighted by Crippen LogP contribution is 2.31. The van der Waals surface area contributed by atoms with E-state index in [4.69, 9.17) is 9.47 Å². The lowest BCUT2D eigenvalue weighted by Gasteiger charge is -2.23. The number of urea groups is 1. The van der Waals surface area contributed by atoms with Gasteiger partial charge in [0.2, 0.25) is 0 Å². The van der Waals surface area contributed by atoms with Crippen LogP contribution in [0.4, 0.5) is 4.79 Å². The van der Waals surface area contributed by atoms with Crippen LogP contribution in [0.2, 0.25) is 0 Å². The summed E-state index contributed by atoms with van der Waals surface area (Å²) in [5.74, 6) is 0.255. The highest BCUT2D eigenvalue weighted by atomic mass is 16.5. The minimum absolute atomic E-state index is 0.0147. The molecular weight excluding hydrogens is 296 g/mol. The van der Waals surface area contributed by atoms with E-state index in [1.54, 1.807) is 6.92 Å². The van der Waals surface area contributed by atoms with Crippen LogP contribution >= 0.6 is 0 Å². The number of aryl methyl sites for hydroxylation is 1. The Bertz CT molecular complexity index is 550. The molecule has 0 radical (unpaired) electrons. The zero-order chi connectivity index (χ0) is 17.5. The lowest BCUT2D eigenvalue weighted by atomic mass is 9.85. The zero-order valence-corrected chi connectivity index (χ0v) is 14.5. The Balaban J connectivity index is 2.50. The van der Waals surface area contributed by atoms with E-state index < -0.39 is 12.0 Å². The number of benzene rings is 1. The van der Waals surface area contributed by atoms with Crippen LogP contribution in [0, 0.1) is 6.92 Å². The summed E-state index contributed by atoms with van der Waals surface area (Å²) in [6.45, 7) is 10.2. The van der Waals surface area contributed by atoms with Gasteiger partial charge in [0.05, 0.1) is 6.61 Å². The summed E-state index contributed by atoms with van der Waals surface area (Å²) >= 11 is 0. The van der Waals surface area contributed by atoms with Gasteiger partial charge in [-0.2, -0.15) is 0 Å². The van der Waals surface area contributed by atoms with Gasteiger partial charge in [0.15, 0.2) is 6.73 Å². The highest BCUT2D eigenvalue weighted by Gasteiger charge is 2.19. The Kier molecular flexibility index (Phi) is 6.88. The first-order valence-electron chi connectivity index (χ1n) is 7.65. The number of nitrogens with one attached hydrogen (secondary N) is 2. The van der Waals surface area contributed by atoms with Crippen LogP contribution in [0.3, 0.4) is 0 Å². The molecule has 0 fully saturated rings. The van der Waals surface area contributed by atoms with Gasteiger partial charge in [-0.05, 0) is 30.9 Å². The number of esters is 1. The number of carbonyl (C=O) groups excluding carboxylic acids is 2. The predicted octanol–water partition coefficient (Wildman–Crippen LogP) is 2.49. The second-order valence-electron chi connectivity index (χ2n) is 6.20. The second-order valence-corrected chi connectivity index (χ2v) is 6.20. The summed E-state index contributed by atoms with van der Waals surface area (Å²) < 4.78 is 10.4. The summed E-state index contributed by atoms with van der Waals surface area (Å²) in [7, 11) is 0. The largest absolute Gasteiger partial charge is 0.473 e. The molecule has 2 amide bonds. The Morgan fingerprint density at radius 3 is 2.48 bits per heavy atom. The van der Waals surface area contributed by atoms with Crippen molar-refractivity contribution in [2.75, 3.05) is 19.9 Å². The van der Waals surface area contributed by atoms with Gasteiger partial charge in [0.25, 0.3) is 0 Å². The lowest BCUT2D eigenvalue weighted by Crippen LogP contribution is -2.40. The highest BCUT2D eigenvalue weighted by molar-refractivity contribution is 5.80. The van der Waals surface area contributed by atoms with Crippen molar-refractivity contribution < 1.29 is 19.1 Å². The van der Waals surface area contributed by atoms with E-state index in [2.05, 4.69) is 37.5 Å². The molecule has 128 valence electrons. The number of hydrogen-bond acceptors (Lipinski definition) is 4. The number of ether oxygens (including phenoxy) is 2. The summed E-state index contributed by atoms with van der Waals surface area (Å²) in [4.78, 5) is 22.7. The van der Waals surface area contributed by atoms with Crippen molar-refractivity contribution in [2.24, 2.45) is 0 Å². The van der Waals surface area contributed by atoms with E-state index in [-0.39, 0.29) is 25.3 Å². The third-order valence-electron chi connectivity index (χ3n) is 3.10. The molecule has 0 saturated heterocycles. The molecule has 0 aliphatic heterocycles. The first kappa shape index (κ1) is 18.8. The molecule has 6 heteroatoms. The first-order valence-corrected chi connectivity index (χ1v) is 7.65. The number of rotatable bonds is 6. The summed E-state index contributed by atoms with van der Waals surface area (Å²) in [6, 6.07) is 5.46. The van der Waals surface area contributed by atoms with Gasteiger partial charge in [-0.3, -0.25) is 4.79 Å². The third kappa shape index (κ3) is 6.59. The van der Waals surface area contributed by atoms with Crippen molar-refractivity contribution in [3.63, 3.8) is 0 Å². The summed E-state index contributed by atoms with van der Waals surface area (Å²) in [6.07, 6.45) is 0. The van der Waals surface area contributed by atoms with Gasteiger partial charge < -0.3 is 20.1 Å².